The second-order valence-electron chi connectivity index (χ2n) is 6.55. The van der Waals surface area contributed by atoms with Crippen molar-refractivity contribution in [1.29, 1.82) is 0 Å². The summed E-state index contributed by atoms with van der Waals surface area (Å²) < 4.78 is 6.41. The summed E-state index contributed by atoms with van der Waals surface area (Å²) in [5, 5.41) is 8.47. The van der Waals surface area contributed by atoms with Gasteiger partial charge in [0, 0.05) is 37.6 Å². The summed E-state index contributed by atoms with van der Waals surface area (Å²) >= 11 is 3.43. The van der Waals surface area contributed by atoms with Gasteiger partial charge in [-0.25, -0.2) is 0 Å². The van der Waals surface area contributed by atoms with Crippen LogP contribution in [0.25, 0.3) is 0 Å². The Hall–Kier alpha value is -2.58. The van der Waals surface area contributed by atoms with Crippen LogP contribution in [0.4, 0.5) is 5.69 Å². The topological polar surface area (TPSA) is 82.7 Å². The zero-order valence-corrected chi connectivity index (χ0v) is 20.3. The van der Waals surface area contributed by atoms with Crippen LogP contribution in [0.5, 0.6) is 5.75 Å². The first-order chi connectivity index (χ1) is 15.0. The van der Waals surface area contributed by atoms with Gasteiger partial charge in [0.15, 0.2) is 0 Å². The highest BCUT2D eigenvalue weighted by atomic mass is 79.9. The number of halogens is 1. The van der Waals surface area contributed by atoms with Gasteiger partial charge in [0.05, 0.1) is 12.7 Å². The molecule has 0 saturated heterocycles. The predicted molar refractivity (Wildman–Crippen MR) is 131 cm³/mol. The lowest BCUT2D eigenvalue weighted by Gasteiger charge is -2.18. The van der Waals surface area contributed by atoms with E-state index in [1.54, 1.807) is 18.2 Å². The number of hydrogen-bond donors (Lipinski definition) is 3. The maximum absolute atomic E-state index is 12.2. The maximum Gasteiger partial charge on any atom is 0.255 e. The molecule has 0 aromatic heterocycles. The van der Waals surface area contributed by atoms with Gasteiger partial charge in [-0.3, -0.25) is 9.59 Å². The quantitative estimate of drug-likeness (QED) is 0.434. The number of hydrogen-bond acceptors (Lipinski definition) is 5. The first kappa shape index (κ1) is 26.5. The van der Waals surface area contributed by atoms with E-state index in [4.69, 9.17) is 4.74 Å². The molecule has 0 saturated carbocycles. The highest BCUT2D eigenvalue weighted by molar-refractivity contribution is 9.11. The van der Waals surface area contributed by atoms with Crippen LogP contribution in [0.15, 0.2) is 52.7 Å². The Labute approximate surface area is 193 Å². The van der Waals surface area contributed by atoms with E-state index >= 15 is 0 Å². The molecule has 0 unspecified atom stereocenters. The molecule has 3 N–H and O–H groups in total. The van der Waals surface area contributed by atoms with Gasteiger partial charge >= 0.3 is 0 Å². The van der Waals surface area contributed by atoms with Gasteiger partial charge in [0.1, 0.15) is 5.75 Å². The van der Waals surface area contributed by atoms with Crippen LogP contribution < -0.4 is 20.7 Å². The molecule has 1 aromatic rings. The summed E-state index contributed by atoms with van der Waals surface area (Å²) in [6, 6.07) is 4.92. The minimum Gasteiger partial charge on any atom is -0.496 e. The molecule has 1 aliphatic rings. The Morgan fingerprint density at radius 2 is 2.00 bits per heavy atom. The van der Waals surface area contributed by atoms with Crippen LogP contribution in [0.2, 0.25) is 0 Å². The normalized spacial score (nSPS) is 12.6. The van der Waals surface area contributed by atoms with Crippen molar-refractivity contribution in [2.75, 3.05) is 45.7 Å². The van der Waals surface area contributed by atoms with Gasteiger partial charge in [-0.2, -0.15) is 0 Å². The largest absolute Gasteiger partial charge is 0.496 e. The molecule has 0 bridgehead atoms. The molecule has 0 fully saturated rings. The third-order valence-corrected chi connectivity index (χ3v) is 5.21. The molecule has 8 heteroatoms. The molecular weight excluding hydrogens is 460 g/mol. The third-order valence-electron chi connectivity index (χ3n) is 4.62. The average Bonchev–Trinajstić information content (AvgIpc) is 3.01. The molecule has 1 aromatic carbocycles. The summed E-state index contributed by atoms with van der Waals surface area (Å²) in [6.45, 7) is 7.49. The average molecular weight is 493 g/mol. The molecule has 0 atom stereocenters. The number of nitrogens with zero attached hydrogens (tertiary/aromatic N) is 1. The molecule has 7 nitrogen and oxygen atoms in total. The number of allylic oxidation sites excluding steroid dienone is 5. The first-order valence-electron chi connectivity index (χ1n) is 10.3. The predicted octanol–water partition coefficient (Wildman–Crippen LogP) is 3.66. The molecular formula is C23H33BrN4O3. The molecule has 31 heavy (non-hydrogen) atoms. The molecule has 1 aliphatic carbocycles. The summed E-state index contributed by atoms with van der Waals surface area (Å²) in [4.78, 5) is 24.8. The Morgan fingerprint density at radius 1 is 1.26 bits per heavy atom. The van der Waals surface area contributed by atoms with Crippen LogP contribution in [0, 0.1) is 0 Å². The van der Waals surface area contributed by atoms with Crippen LogP contribution in [0.1, 0.15) is 30.6 Å². The van der Waals surface area contributed by atoms with Gasteiger partial charge in [-0.05, 0) is 54.4 Å². The fourth-order valence-corrected chi connectivity index (χ4v) is 3.09. The van der Waals surface area contributed by atoms with E-state index in [0.29, 0.717) is 30.0 Å². The van der Waals surface area contributed by atoms with Crippen molar-refractivity contribution < 1.29 is 14.3 Å². The van der Waals surface area contributed by atoms with E-state index in [1.807, 2.05) is 13.1 Å². The van der Waals surface area contributed by atoms with Crippen LogP contribution in [-0.4, -0.2) is 57.6 Å². The Kier molecular flexibility index (Phi) is 13.0. The summed E-state index contributed by atoms with van der Waals surface area (Å²) in [6.07, 6.45) is 9.88. The monoisotopic (exact) mass is 492 g/mol. The first-order valence-corrected chi connectivity index (χ1v) is 11.1. The molecule has 0 spiro atoms. The number of methoxy groups -OCH3 is 1. The number of likely N-dealkylation sites (N-methyl/N-ethyl adjacent to an activating group) is 2. The van der Waals surface area contributed by atoms with Crippen molar-refractivity contribution in [3.8, 4) is 5.75 Å². The maximum atomic E-state index is 12.2. The Balaban J connectivity index is 0.000000399. The number of amides is 2. The number of carbonyl (C=O) groups excluding carboxylic acids is 2. The SMILES string of the molecule is CCN(CC)CCNC(=O)c1ccc(NC=O)cc1OC.CNC1=CC=C(Br)CC=C1. The van der Waals surface area contributed by atoms with Gasteiger partial charge in [-0.1, -0.05) is 35.9 Å². The summed E-state index contributed by atoms with van der Waals surface area (Å²) in [7, 11) is 3.41. The molecule has 2 rings (SSSR count). The smallest absolute Gasteiger partial charge is 0.255 e. The Bertz CT molecular complexity index is 802. The zero-order chi connectivity index (χ0) is 23.1. The fourth-order valence-electron chi connectivity index (χ4n) is 2.77. The molecule has 170 valence electrons. The van der Waals surface area contributed by atoms with Gasteiger partial charge in [0.25, 0.3) is 5.91 Å². The van der Waals surface area contributed by atoms with E-state index < -0.39 is 0 Å². The lowest BCUT2D eigenvalue weighted by atomic mass is 10.1. The zero-order valence-electron chi connectivity index (χ0n) is 18.7. The van der Waals surface area contributed by atoms with E-state index in [1.165, 1.54) is 11.6 Å². The van der Waals surface area contributed by atoms with Gasteiger partial charge < -0.3 is 25.6 Å². The third kappa shape index (κ3) is 9.85. The highest BCUT2D eigenvalue weighted by Gasteiger charge is 2.12. The summed E-state index contributed by atoms with van der Waals surface area (Å²) in [5.41, 5.74) is 2.18. The number of rotatable bonds is 10. The minimum atomic E-state index is -0.184. The second kappa shape index (κ2) is 15.3. The number of nitrogens with one attached hydrogen (secondary N) is 3. The van der Waals surface area contributed by atoms with Crippen molar-refractivity contribution in [1.82, 2.24) is 15.5 Å². The van der Waals surface area contributed by atoms with Crippen LogP contribution >= 0.6 is 15.9 Å². The van der Waals surface area contributed by atoms with Gasteiger partial charge in [-0.15, -0.1) is 0 Å². The van der Waals surface area contributed by atoms with Crippen LogP contribution in [0.3, 0.4) is 0 Å². The number of anilines is 1. The minimum absolute atomic E-state index is 0.184. The van der Waals surface area contributed by atoms with E-state index in [-0.39, 0.29) is 5.91 Å². The number of ether oxygens (including phenoxy) is 1. The van der Waals surface area contributed by atoms with E-state index in [0.717, 1.165) is 31.8 Å². The van der Waals surface area contributed by atoms with Crippen molar-refractivity contribution in [3.05, 3.63) is 58.2 Å². The Morgan fingerprint density at radius 3 is 2.61 bits per heavy atom. The van der Waals surface area contributed by atoms with Crippen molar-refractivity contribution in [2.45, 2.75) is 20.3 Å². The molecule has 0 aliphatic heterocycles. The lowest BCUT2D eigenvalue weighted by molar-refractivity contribution is -0.105. The fraction of sp³-hybridized carbons (Fsp3) is 0.391. The molecule has 2 amide bonds. The van der Waals surface area contributed by atoms with Crippen molar-refractivity contribution >= 4 is 33.9 Å². The van der Waals surface area contributed by atoms with Crippen molar-refractivity contribution in [2.24, 2.45) is 0 Å². The van der Waals surface area contributed by atoms with E-state index in [9.17, 15) is 9.59 Å². The van der Waals surface area contributed by atoms with Crippen molar-refractivity contribution in [3.63, 3.8) is 0 Å². The molecule has 0 radical (unpaired) electrons. The highest BCUT2D eigenvalue weighted by Crippen LogP contribution is 2.22. The molecule has 0 heterocycles. The number of benzene rings is 1. The van der Waals surface area contributed by atoms with Crippen LogP contribution in [-0.2, 0) is 4.79 Å². The van der Waals surface area contributed by atoms with E-state index in [2.05, 4.69) is 68.9 Å². The second-order valence-corrected chi connectivity index (χ2v) is 7.57. The standard InChI is InChI=1S/C15H23N3O3.C8H10BrN/c1-4-18(5-2)9-8-16-15(20)13-7-6-12(17-11-19)10-14(13)21-3;1-10-8-4-2-3-7(9)5-6-8/h6-7,10-11H,4-5,8-9H2,1-3H3,(H,16,20)(H,17,19);2,4-6,10H,3H2,1H3. The van der Waals surface area contributed by atoms with Gasteiger partial charge in [0.2, 0.25) is 6.41 Å². The number of carbonyl (C=O) groups is 2. The summed E-state index contributed by atoms with van der Waals surface area (Å²) in [5.74, 6) is 0.249. The lowest BCUT2D eigenvalue weighted by Crippen LogP contribution is -2.34.